The fraction of sp³-hybridized carbons (Fsp3) is 0.500. The second-order valence-electron chi connectivity index (χ2n) is 3.98. The maximum absolute atomic E-state index is 5.89. The number of nitrogens with zero attached hydrogens (tertiary/aromatic N) is 5. The lowest BCUT2D eigenvalue weighted by molar-refractivity contribution is 0.570. The summed E-state index contributed by atoms with van der Waals surface area (Å²) in [4.78, 5) is 2.28. The lowest BCUT2D eigenvalue weighted by Gasteiger charge is -2.27. The molecule has 1 fully saturated rings. The second kappa shape index (κ2) is 3.90. The van der Waals surface area contributed by atoms with E-state index in [0.717, 1.165) is 18.9 Å². The molecule has 0 saturated carbocycles. The zero-order valence-corrected chi connectivity index (χ0v) is 9.56. The van der Waals surface area contributed by atoms with Crippen LogP contribution in [-0.4, -0.2) is 32.9 Å². The van der Waals surface area contributed by atoms with Crippen molar-refractivity contribution in [2.24, 2.45) is 0 Å². The lowest BCUT2D eigenvalue weighted by atomic mass is 10.1. The highest BCUT2D eigenvalue weighted by Crippen LogP contribution is 2.18. The molecule has 0 amide bonds. The molecule has 0 radical (unpaired) electrons. The van der Waals surface area contributed by atoms with Gasteiger partial charge in [-0.05, 0) is 43.0 Å². The fourth-order valence-electron chi connectivity index (χ4n) is 2.04. The Balaban J connectivity index is 1.99. The molecule has 1 aliphatic heterocycles. The van der Waals surface area contributed by atoms with Crippen LogP contribution in [0.5, 0.6) is 0 Å². The van der Waals surface area contributed by atoms with Gasteiger partial charge in [-0.3, -0.25) is 0 Å². The van der Waals surface area contributed by atoms with Crippen molar-refractivity contribution in [1.29, 1.82) is 0 Å². The van der Waals surface area contributed by atoms with E-state index in [4.69, 9.17) is 11.6 Å². The SMILES string of the molecule is Clc1nnc2ccc(N3CCCCC3)nn12. The number of piperidine rings is 1. The molecule has 6 heteroatoms. The first kappa shape index (κ1) is 9.84. The first-order valence-corrected chi connectivity index (χ1v) is 5.85. The molecular formula is C10H12ClN5. The van der Waals surface area contributed by atoms with Gasteiger partial charge in [0.25, 0.3) is 0 Å². The van der Waals surface area contributed by atoms with Gasteiger partial charge in [-0.1, -0.05) is 0 Å². The van der Waals surface area contributed by atoms with E-state index in [2.05, 4.69) is 20.2 Å². The van der Waals surface area contributed by atoms with Gasteiger partial charge in [-0.2, -0.15) is 4.52 Å². The molecule has 3 rings (SSSR count). The van der Waals surface area contributed by atoms with Crippen molar-refractivity contribution >= 4 is 23.1 Å². The van der Waals surface area contributed by atoms with Crippen molar-refractivity contribution < 1.29 is 0 Å². The number of anilines is 1. The van der Waals surface area contributed by atoms with Gasteiger partial charge in [-0.15, -0.1) is 15.3 Å². The van der Waals surface area contributed by atoms with Crippen molar-refractivity contribution in [3.8, 4) is 0 Å². The molecule has 0 unspecified atom stereocenters. The highest BCUT2D eigenvalue weighted by Gasteiger charge is 2.13. The average molecular weight is 238 g/mol. The number of hydrogen-bond acceptors (Lipinski definition) is 4. The molecule has 2 aromatic rings. The molecule has 84 valence electrons. The van der Waals surface area contributed by atoms with E-state index < -0.39 is 0 Å². The Morgan fingerprint density at radius 3 is 2.69 bits per heavy atom. The molecule has 2 aromatic heterocycles. The Labute approximate surface area is 98.0 Å². The van der Waals surface area contributed by atoms with Gasteiger partial charge in [-0.25, -0.2) is 0 Å². The number of halogens is 1. The highest BCUT2D eigenvalue weighted by atomic mass is 35.5. The standard InChI is InChI=1S/C10H12ClN5/c11-10-13-12-8-4-5-9(14-16(8)10)15-6-2-1-3-7-15/h4-5H,1-3,6-7H2. The molecule has 3 heterocycles. The summed E-state index contributed by atoms with van der Waals surface area (Å²) in [6.45, 7) is 2.14. The predicted molar refractivity (Wildman–Crippen MR) is 61.9 cm³/mol. The third-order valence-electron chi connectivity index (χ3n) is 2.89. The number of rotatable bonds is 1. The summed E-state index contributed by atoms with van der Waals surface area (Å²) < 4.78 is 1.57. The smallest absolute Gasteiger partial charge is 0.246 e. The van der Waals surface area contributed by atoms with Crippen LogP contribution in [0.4, 0.5) is 5.82 Å². The maximum Gasteiger partial charge on any atom is 0.246 e. The van der Waals surface area contributed by atoms with Crippen LogP contribution in [-0.2, 0) is 0 Å². The van der Waals surface area contributed by atoms with E-state index in [1.807, 2.05) is 12.1 Å². The Bertz CT molecular complexity index is 503. The van der Waals surface area contributed by atoms with Crippen LogP contribution < -0.4 is 4.90 Å². The zero-order valence-electron chi connectivity index (χ0n) is 8.80. The Morgan fingerprint density at radius 1 is 1.06 bits per heavy atom. The van der Waals surface area contributed by atoms with Gasteiger partial charge in [0.15, 0.2) is 5.65 Å². The van der Waals surface area contributed by atoms with Gasteiger partial charge in [0.05, 0.1) is 0 Å². The van der Waals surface area contributed by atoms with E-state index in [0.29, 0.717) is 10.9 Å². The fourth-order valence-corrected chi connectivity index (χ4v) is 2.21. The van der Waals surface area contributed by atoms with Crippen LogP contribution in [0, 0.1) is 0 Å². The number of aromatic nitrogens is 4. The van der Waals surface area contributed by atoms with Crippen LogP contribution in [0.1, 0.15) is 19.3 Å². The summed E-state index contributed by atoms with van der Waals surface area (Å²) >= 11 is 5.89. The highest BCUT2D eigenvalue weighted by molar-refractivity contribution is 6.28. The Hall–Kier alpha value is -1.36. The van der Waals surface area contributed by atoms with Crippen molar-refractivity contribution in [3.05, 3.63) is 17.4 Å². The van der Waals surface area contributed by atoms with Crippen LogP contribution in [0.15, 0.2) is 12.1 Å². The molecule has 0 spiro atoms. The minimum atomic E-state index is 0.314. The van der Waals surface area contributed by atoms with Gasteiger partial charge < -0.3 is 4.90 Å². The third kappa shape index (κ3) is 1.61. The summed E-state index contributed by atoms with van der Waals surface area (Å²) in [6, 6.07) is 3.88. The van der Waals surface area contributed by atoms with Crippen LogP contribution in [0.25, 0.3) is 5.65 Å². The predicted octanol–water partition coefficient (Wildman–Crippen LogP) is 1.77. The zero-order chi connectivity index (χ0) is 11.0. The normalized spacial score (nSPS) is 16.9. The molecule has 0 aromatic carbocycles. The van der Waals surface area contributed by atoms with Crippen molar-refractivity contribution in [3.63, 3.8) is 0 Å². The molecule has 1 aliphatic rings. The van der Waals surface area contributed by atoms with Gasteiger partial charge >= 0.3 is 0 Å². The van der Waals surface area contributed by atoms with Crippen molar-refractivity contribution in [1.82, 2.24) is 19.8 Å². The minimum absolute atomic E-state index is 0.314. The molecule has 16 heavy (non-hydrogen) atoms. The van der Waals surface area contributed by atoms with Crippen molar-refractivity contribution in [2.45, 2.75) is 19.3 Å². The van der Waals surface area contributed by atoms with Crippen molar-refractivity contribution in [2.75, 3.05) is 18.0 Å². The first-order chi connectivity index (χ1) is 7.84. The summed E-state index contributed by atoms with van der Waals surface area (Å²) in [5.74, 6) is 0.953. The van der Waals surface area contributed by atoms with Gasteiger partial charge in [0.2, 0.25) is 5.28 Å². The minimum Gasteiger partial charge on any atom is -0.355 e. The van der Waals surface area contributed by atoms with Crippen LogP contribution >= 0.6 is 11.6 Å². The van der Waals surface area contributed by atoms with E-state index in [1.54, 1.807) is 4.52 Å². The monoisotopic (exact) mass is 237 g/mol. The largest absolute Gasteiger partial charge is 0.355 e. The molecule has 0 N–H and O–H groups in total. The molecule has 1 saturated heterocycles. The van der Waals surface area contributed by atoms with Gasteiger partial charge in [0, 0.05) is 13.1 Å². The van der Waals surface area contributed by atoms with E-state index in [9.17, 15) is 0 Å². The molecular weight excluding hydrogens is 226 g/mol. The quantitative estimate of drug-likeness (QED) is 0.759. The topological polar surface area (TPSA) is 46.3 Å². The lowest BCUT2D eigenvalue weighted by Crippen LogP contribution is -2.30. The summed E-state index contributed by atoms with van der Waals surface area (Å²) in [7, 11) is 0. The van der Waals surface area contributed by atoms with Crippen LogP contribution in [0.2, 0.25) is 5.28 Å². The van der Waals surface area contributed by atoms with E-state index in [1.165, 1.54) is 19.3 Å². The Morgan fingerprint density at radius 2 is 1.88 bits per heavy atom. The third-order valence-corrected chi connectivity index (χ3v) is 3.13. The molecule has 0 atom stereocenters. The molecule has 5 nitrogen and oxygen atoms in total. The van der Waals surface area contributed by atoms with E-state index in [-0.39, 0.29) is 0 Å². The maximum atomic E-state index is 5.89. The number of fused-ring (bicyclic) bond motifs is 1. The van der Waals surface area contributed by atoms with Crippen LogP contribution in [0.3, 0.4) is 0 Å². The summed E-state index contributed by atoms with van der Waals surface area (Å²) in [5, 5.41) is 12.4. The number of hydrogen-bond donors (Lipinski definition) is 0. The molecule has 0 aliphatic carbocycles. The second-order valence-corrected chi connectivity index (χ2v) is 4.32. The summed E-state index contributed by atoms with van der Waals surface area (Å²) in [5.41, 5.74) is 0.686. The average Bonchev–Trinajstić information content (AvgIpc) is 2.72. The first-order valence-electron chi connectivity index (χ1n) is 5.47. The van der Waals surface area contributed by atoms with E-state index >= 15 is 0 Å². The summed E-state index contributed by atoms with van der Waals surface area (Å²) in [6.07, 6.45) is 3.78. The molecule has 0 bridgehead atoms. The van der Waals surface area contributed by atoms with Gasteiger partial charge in [0.1, 0.15) is 5.82 Å². The Kier molecular flexibility index (Phi) is 2.40.